The summed E-state index contributed by atoms with van der Waals surface area (Å²) in [4.78, 5) is 26.3. The van der Waals surface area contributed by atoms with E-state index in [1.165, 1.54) is 0 Å². The van der Waals surface area contributed by atoms with Crippen LogP contribution >= 0.6 is 0 Å². The number of carbonyl (C=O) groups excluding carboxylic acids is 2. The normalized spacial score (nSPS) is 20.5. The second-order valence-corrected chi connectivity index (χ2v) is 7.91. The third-order valence-electron chi connectivity index (χ3n) is 6.04. The molecule has 30 heavy (non-hydrogen) atoms. The van der Waals surface area contributed by atoms with Crippen molar-refractivity contribution in [3.63, 3.8) is 0 Å². The number of nitrogens with one attached hydrogen (secondary N) is 2. The molecule has 2 aromatic carbocycles. The van der Waals surface area contributed by atoms with Crippen molar-refractivity contribution < 1.29 is 19.1 Å². The molecule has 4 rings (SSSR count). The molecule has 2 saturated heterocycles. The fourth-order valence-corrected chi connectivity index (χ4v) is 4.26. The number of para-hydroxylation sites is 1. The van der Waals surface area contributed by atoms with Gasteiger partial charge in [-0.3, -0.25) is 9.59 Å². The van der Waals surface area contributed by atoms with Crippen molar-refractivity contribution in [2.75, 3.05) is 31.7 Å². The summed E-state index contributed by atoms with van der Waals surface area (Å²) in [6.45, 7) is 2.29. The Morgan fingerprint density at radius 1 is 0.967 bits per heavy atom. The van der Waals surface area contributed by atoms with Crippen LogP contribution in [0.1, 0.15) is 41.6 Å². The van der Waals surface area contributed by atoms with Crippen LogP contribution in [0.3, 0.4) is 0 Å². The average molecular weight is 408 g/mol. The second kappa shape index (κ2) is 9.41. The van der Waals surface area contributed by atoms with Crippen LogP contribution < -0.4 is 10.6 Å². The molecular formula is C24H28N2O4. The van der Waals surface area contributed by atoms with Crippen molar-refractivity contribution >= 4 is 17.5 Å². The minimum absolute atomic E-state index is 0.0688. The van der Waals surface area contributed by atoms with Gasteiger partial charge in [-0.1, -0.05) is 42.5 Å². The van der Waals surface area contributed by atoms with Gasteiger partial charge in [0.05, 0.1) is 22.8 Å². The van der Waals surface area contributed by atoms with Gasteiger partial charge in [-0.15, -0.1) is 0 Å². The van der Waals surface area contributed by atoms with Crippen LogP contribution in [0.15, 0.2) is 54.6 Å². The van der Waals surface area contributed by atoms with Gasteiger partial charge in [0.15, 0.2) is 0 Å². The molecule has 2 amide bonds. The quantitative estimate of drug-likeness (QED) is 0.769. The van der Waals surface area contributed by atoms with Gasteiger partial charge >= 0.3 is 0 Å². The maximum atomic E-state index is 13.5. The van der Waals surface area contributed by atoms with E-state index >= 15 is 0 Å². The molecule has 2 fully saturated rings. The first-order valence-electron chi connectivity index (χ1n) is 10.6. The van der Waals surface area contributed by atoms with Crippen LogP contribution in [-0.2, 0) is 19.7 Å². The van der Waals surface area contributed by atoms with Crippen LogP contribution in [0.4, 0.5) is 5.69 Å². The van der Waals surface area contributed by atoms with E-state index in [4.69, 9.17) is 9.47 Å². The maximum absolute atomic E-state index is 13.5. The Kier molecular flexibility index (Phi) is 6.45. The lowest BCUT2D eigenvalue weighted by Crippen LogP contribution is -2.45. The van der Waals surface area contributed by atoms with E-state index in [1.54, 1.807) is 18.2 Å². The van der Waals surface area contributed by atoms with E-state index < -0.39 is 5.41 Å². The zero-order valence-electron chi connectivity index (χ0n) is 17.1. The van der Waals surface area contributed by atoms with E-state index in [-0.39, 0.29) is 17.9 Å². The highest BCUT2D eigenvalue weighted by atomic mass is 16.5. The van der Waals surface area contributed by atoms with Crippen molar-refractivity contribution in [2.24, 2.45) is 0 Å². The van der Waals surface area contributed by atoms with Gasteiger partial charge in [-0.05, 0) is 43.4 Å². The number of amides is 2. The molecule has 158 valence electrons. The number of ether oxygens (including phenoxy) is 2. The van der Waals surface area contributed by atoms with Crippen LogP contribution in [0, 0.1) is 0 Å². The lowest BCUT2D eigenvalue weighted by atomic mass is 9.73. The van der Waals surface area contributed by atoms with Crippen LogP contribution in [0.5, 0.6) is 0 Å². The number of hydrogen-bond donors (Lipinski definition) is 2. The number of carbonyl (C=O) groups is 2. The molecule has 1 atom stereocenters. The van der Waals surface area contributed by atoms with Crippen molar-refractivity contribution in [1.29, 1.82) is 0 Å². The molecule has 2 aromatic rings. The van der Waals surface area contributed by atoms with Gasteiger partial charge in [0.1, 0.15) is 0 Å². The molecule has 2 aliphatic rings. The molecule has 2 N–H and O–H groups in total. The third kappa shape index (κ3) is 4.40. The number of benzene rings is 2. The van der Waals surface area contributed by atoms with Crippen LogP contribution in [-0.4, -0.2) is 44.3 Å². The van der Waals surface area contributed by atoms with Crippen molar-refractivity contribution in [3.05, 3.63) is 65.7 Å². The largest absolute Gasteiger partial charge is 0.381 e. The Hall–Kier alpha value is -2.70. The summed E-state index contributed by atoms with van der Waals surface area (Å²) < 4.78 is 11.1. The minimum Gasteiger partial charge on any atom is -0.381 e. The average Bonchev–Trinajstić information content (AvgIpc) is 3.32. The Morgan fingerprint density at radius 3 is 2.43 bits per heavy atom. The summed E-state index contributed by atoms with van der Waals surface area (Å²) in [5.74, 6) is -0.307. The number of anilines is 1. The highest BCUT2D eigenvalue weighted by molar-refractivity contribution is 6.06. The number of hydrogen-bond acceptors (Lipinski definition) is 4. The summed E-state index contributed by atoms with van der Waals surface area (Å²) >= 11 is 0. The fourth-order valence-electron chi connectivity index (χ4n) is 4.26. The topological polar surface area (TPSA) is 76.7 Å². The summed E-state index contributed by atoms with van der Waals surface area (Å²) in [6, 6.07) is 17.0. The highest BCUT2D eigenvalue weighted by Crippen LogP contribution is 2.36. The molecule has 6 nitrogen and oxygen atoms in total. The van der Waals surface area contributed by atoms with Gasteiger partial charge in [0.2, 0.25) is 5.91 Å². The lowest BCUT2D eigenvalue weighted by molar-refractivity contribution is -0.125. The predicted molar refractivity (Wildman–Crippen MR) is 115 cm³/mol. The Balaban J connectivity index is 1.53. The monoisotopic (exact) mass is 408 g/mol. The Bertz CT molecular complexity index is 872. The summed E-state index contributed by atoms with van der Waals surface area (Å²) in [5.41, 5.74) is 1.29. The molecule has 1 unspecified atom stereocenters. The van der Waals surface area contributed by atoms with Gasteiger partial charge in [-0.25, -0.2) is 0 Å². The zero-order valence-corrected chi connectivity index (χ0v) is 17.1. The zero-order chi connectivity index (χ0) is 20.8. The van der Waals surface area contributed by atoms with Gasteiger partial charge in [0.25, 0.3) is 5.91 Å². The van der Waals surface area contributed by atoms with Gasteiger partial charge in [-0.2, -0.15) is 0 Å². The van der Waals surface area contributed by atoms with Crippen molar-refractivity contribution in [2.45, 2.75) is 37.2 Å². The molecule has 2 aliphatic heterocycles. The van der Waals surface area contributed by atoms with Crippen molar-refractivity contribution in [1.82, 2.24) is 5.32 Å². The standard InChI is InChI=1S/C24H28N2O4/c27-22(25-17-19-9-6-14-30-19)20-10-4-5-11-21(20)26-23(28)24(12-15-29-16-13-24)18-7-2-1-3-8-18/h1-5,7-8,10-11,19H,6,9,12-17H2,(H,25,27)(H,26,28). The predicted octanol–water partition coefficient (Wildman–Crippen LogP) is 3.28. The molecule has 0 radical (unpaired) electrons. The maximum Gasteiger partial charge on any atom is 0.253 e. The molecule has 0 spiro atoms. The summed E-state index contributed by atoms with van der Waals surface area (Å²) in [7, 11) is 0. The second-order valence-electron chi connectivity index (χ2n) is 7.91. The molecule has 0 aromatic heterocycles. The molecule has 0 bridgehead atoms. The minimum atomic E-state index is -0.666. The highest BCUT2D eigenvalue weighted by Gasteiger charge is 2.42. The molecular weight excluding hydrogens is 380 g/mol. The molecule has 0 saturated carbocycles. The SMILES string of the molecule is O=C(NCC1CCCO1)c1ccccc1NC(=O)C1(c2ccccc2)CCOCC1. The first-order chi connectivity index (χ1) is 14.7. The summed E-state index contributed by atoms with van der Waals surface area (Å²) in [6.07, 6.45) is 3.27. The third-order valence-corrected chi connectivity index (χ3v) is 6.04. The van der Waals surface area contributed by atoms with Crippen LogP contribution in [0.2, 0.25) is 0 Å². The van der Waals surface area contributed by atoms with Crippen LogP contribution in [0.25, 0.3) is 0 Å². The molecule has 6 heteroatoms. The summed E-state index contributed by atoms with van der Waals surface area (Å²) in [5, 5.41) is 5.98. The van der Waals surface area contributed by atoms with E-state index in [0.29, 0.717) is 43.9 Å². The lowest BCUT2D eigenvalue weighted by Gasteiger charge is -2.36. The van der Waals surface area contributed by atoms with E-state index in [9.17, 15) is 9.59 Å². The fraction of sp³-hybridized carbons (Fsp3) is 0.417. The smallest absolute Gasteiger partial charge is 0.253 e. The molecule has 2 heterocycles. The van der Waals surface area contributed by atoms with E-state index in [1.807, 2.05) is 36.4 Å². The van der Waals surface area contributed by atoms with Crippen molar-refractivity contribution in [3.8, 4) is 0 Å². The Morgan fingerprint density at radius 2 is 1.70 bits per heavy atom. The number of rotatable bonds is 6. The van der Waals surface area contributed by atoms with Gasteiger partial charge in [0, 0.05) is 26.4 Å². The van der Waals surface area contributed by atoms with E-state index in [0.717, 1.165) is 25.0 Å². The first-order valence-corrected chi connectivity index (χ1v) is 10.6. The molecule has 0 aliphatic carbocycles. The van der Waals surface area contributed by atoms with Gasteiger partial charge < -0.3 is 20.1 Å². The Labute approximate surface area is 177 Å². The first kappa shape index (κ1) is 20.6. The van der Waals surface area contributed by atoms with E-state index in [2.05, 4.69) is 10.6 Å².